The molecule has 1 aromatic rings. The zero-order valence-corrected chi connectivity index (χ0v) is 11.0. The molecule has 0 saturated heterocycles. The molecular weight excluding hydrogens is 180 g/mol. The molecule has 0 heteroatoms. The quantitative estimate of drug-likeness (QED) is 0.673. The van der Waals surface area contributed by atoms with Crippen molar-refractivity contribution in [2.24, 2.45) is 5.92 Å². The maximum atomic E-state index is 2.30. The van der Waals surface area contributed by atoms with Gasteiger partial charge in [-0.2, -0.15) is 0 Å². The highest BCUT2D eigenvalue weighted by Crippen LogP contribution is 2.28. The first kappa shape index (κ1) is 12.3. The molecule has 0 aliphatic rings. The van der Waals surface area contributed by atoms with Crippen LogP contribution in [0.3, 0.4) is 0 Å². The van der Waals surface area contributed by atoms with Crippen LogP contribution in [0, 0.1) is 19.8 Å². The second kappa shape index (κ2) is 4.83. The third kappa shape index (κ3) is 2.84. The summed E-state index contributed by atoms with van der Waals surface area (Å²) >= 11 is 0. The molecule has 0 N–H and O–H groups in total. The second-order valence-electron chi connectivity index (χ2n) is 5.34. The minimum atomic E-state index is 0.638. The SMILES string of the molecule is Cc1ccc(C)c(C(C)C)c1CC(C)C. The van der Waals surface area contributed by atoms with Gasteiger partial charge in [0.2, 0.25) is 0 Å². The first-order chi connectivity index (χ1) is 6.93. The summed E-state index contributed by atoms with van der Waals surface area (Å²) in [7, 11) is 0. The maximum absolute atomic E-state index is 2.30. The van der Waals surface area contributed by atoms with Crippen molar-refractivity contribution in [3.05, 3.63) is 34.4 Å². The molecular formula is C15H24. The van der Waals surface area contributed by atoms with Crippen molar-refractivity contribution in [1.29, 1.82) is 0 Å². The zero-order valence-electron chi connectivity index (χ0n) is 11.0. The van der Waals surface area contributed by atoms with Crippen molar-refractivity contribution >= 4 is 0 Å². The van der Waals surface area contributed by atoms with Crippen molar-refractivity contribution in [2.45, 2.75) is 53.9 Å². The minimum absolute atomic E-state index is 0.638. The smallest absolute Gasteiger partial charge is 0.0213 e. The molecule has 1 aromatic carbocycles. The molecule has 84 valence electrons. The van der Waals surface area contributed by atoms with Crippen LogP contribution in [0.5, 0.6) is 0 Å². The standard InChI is InChI=1S/C15H24/c1-10(2)9-14-12(5)7-8-13(6)15(14)11(3)4/h7-8,10-11H,9H2,1-6H3. The van der Waals surface area contributed by atoms with Crippen LogP contribution in [0.4, 0.5) is 0 Å². The normalized spacial score (nSPS) is 11.5. The summed E-state index contributed by atoms with van der Waals surface area (Å²) < 4.78 is 0. The number of hydrogen-bond donors (Lipinski definition) is 0. The average Bonchev–Trinajstić information content (AvgIpc) is 2.10. The summed E-state index contributed by atoms with van der Waals surface area (Å²) in [6.45, 7) is 13.7. The monoisotopic (exact) mass is 204 g/mol. The molecule has 0 unspecified atom stereocenters. The maximum Gasteiger partial charge on any atom is -0.0213 e. The van der Waals surface area contributed by atoms with Gasteiger partial charge in [0, 0.05) is 0 Å². The van der Waals surface area contributed by atoms with Gasteiger partial charge in [-0.1, -0.05) is 39.8 Å². The van der Waals surface area contributed by atoms with E-state index in [4.69, 9.17) is 0 Å². The van der Waals surface area contributed by atoms with E-state index in [-0.39, 0.29) is 0 Å². The summed E-state index contributed by atoms with van der Waals surface area (Å²) in [5.74, 6) is 1.38. The average molecular weight is 204 g/mol. The molecule has 0 atom stereocenters. The van der Waals surface area contributed by atoms with E-state index < -0.39 is 0 Å². The minimum Gasteiger partial charge on any atom is -0.0625 e. The molecule has 0 bridgehead atoms. The second-order valence-corrected chi connectivity index (χ2v) is 5.34. The predicted molar refractivity (Wildman–Crippen MR) is 68.5 cm³/mol. The fraction of sp³-hybridized carbons (Fsp3) is 0.600. The van der Waals surface area contributed by atoms with Gasteiger partial charge in [-0.15, -0.1) is 0 Å². The van der Waals surface area contributed by atoms with Gasteiger partial charge in [0.1, 0.15) is 0 Å². The highest BCUT2D eigenvalue weighted by molar-refractivity contribution is 5.42. The fourth-order valence-corrected chi connectivity index (χ4v) is 2.37. The Kier molecular flexibility index (Phi) is 3.96. The summed E-state index contributed by atoms with van der Waals surface area (Å²) in [6, 6.07) is 4.52. The van der Waals surface area contributed by atoms with Crippen LogP contribution in [0.1, 0.15) is 55.9 Å². The molecule has 0 aliphatic carbocycles. The Labute approximate surface area is 94.7 Å². The Balaban J connectivity index is 3.25. The number of aryl methyl sites for hydroxylation is 2. The van der Waals surface area contributed by atoms with Gasteiger partial charge >= 0.3 is 0 Å². The molecule has 0 amide bonds. The molecule has 0 saturated carbocycles. The zero-order chi connectivity index (χ0) is 11.6. The molecule has 0 fully saturated rings. The lowest BCUT2D eigenvalue weighted by Crippen LogP contribution is -2.05. The van der Waals surface area contributed by atoms with Crippen LogP contribution in [-0.4, -0.2) is 0 Å². The van der Waals surface area contributed by atoms with Crippen LogP contribution >= 0.6 is 0 Å². The molecule has 15 heavy (non-hydrogen) atoms. The summed E-state index contributed by atoms with van der Waals surface area (Å²) in [4.78, 5) is 0. The Morgan fingerprint density at radius 3 is 1.93 bits per heavy atom. The first-order valence-corrected chi connectivity index (χ1v) is 6.02. The van der Waals surface area contributed by atoms with Gasteiger partial charge in [-0.25, -0.2) is 0 Å². The van der Waals surface area contributed by atoms with Crippen molar-refractivity contribution in [3.63, 3.8) is 0 Å². The summed E-state index contributed by atoms with van der Waals surface area (Å²) in [6.07, 6.45) is 1.21. The molecule has 0 aliphatic heterocycles. The number of benzene rings is 1. The highest BCUT2D eigenvalue weighted by atomic mass is 14.2. The van der Waals surface area contributed by atoms with Crippen LogP contribution < -0.4 is 0 Å². The lowest BCUT2D eigenvalue weighted by molar-refractivity contribution is 0.635. The molecule has 0 radical (unpaired) electrons. The molecule has 0 nitrogen and oxygen atoms in total. The Bertz CT molecular complexity index is 332. The van der Waals surface area contributed by atoms with Crippen molar-refractivity contribution in [3.8, 4) is 0 Å². The van der Waals surface area contributed by atoms with E-state index in [1.54, 1.807) is 11.1 Å². The highest BCUT2D eigenvalue weighted by Gasteiger charge is 2.12. The fourth-order valence-electron chi connectivity index (χ4n) is 2.37. The summed E-state index contributed by atoms with van der Waals surface area (Å²) in [5, 5.41) is 0. The van der Waals surface area contributed by atoms with Crippen LogP contribution in [0.25, 0.3) is 0 Å². The van der Waals surface area contributed by atoms with Crippen molar-refractivity contribution < 1.29 is 0 Å². The van der Waals surface area contributed by atoms with Gasteiger partial charge in [0.05, 0.1) is 0 Å². The third-order valence-electron chi connectivity index (χ3n) is 3.00. The van der Waals surface area contributed by atoms with E-state index in [2.05, 4.69) is 53.7 Å². The van der Waals surface area contributed by atoms with Crippen LogP contribution in [0.2, 0.25) is 0 Å². The lowest BCUT2D eigenvalue weighted by Gasteiger charge is -2.19. The van der Waals surface area contributed by atoms with E-state index in [1.807, 2.05) is 0 Å². The van der Waals surface area contributed by atoms with Gasteiger partial charge in [0.15, 0.2) is 0 Å². The number of hydrogen-bond acceptors (Lipinski definition) is 0. The van der Waals surface area contributed by atoms with Crippen molar-refractivity contribution in [2.75, 3.05) is 0 Å². The third-order valence-corrected chi connectivity index (χ3v) is 3.00. The van der Waals surface area contributed by atoms with E-state index in [0.29, 0.717) is 5.92 Å². The van der Waals surface area contributed by atoms with Crippen LogP contribution in [-0.2, 0) is 6.42 Å². The Morgan fingerprint density at radius 2 is 1.47 bits per heavy atom. The molecule has 1 rings (SSSR count). The van der Waals surface area contributed by atoms with E-state index in [9.17, 15) is 0 Å². The van der Waals surface area contributed by atoms with E-state index in [0.717, 1.165) is 5.92 Å². The van der Waals surface area contributed by atoms with Gasteiger partial charge in [0.25, 0.3) is 0 Å². The Morgan fingerprint density at radius 1 is 0.933 bits per heavy atom. The van der Waals surface area contributed by atoms with Gasteiger partial charge in [-0.05, 0) is 54.4 Å². The molecule has 0 aromatic heterocycles. The van der Waals surface area contributed by atoms with E-state index >= 15 is 0 Å². The van der Waals surface area contributed by atoms with E-state index in [1.165, 1.54) is 17.5 Å². The Hall–Kier alpha value is -0.780. The topological polar surface area (TPSA) is 0 Å². The van der Waals surface area contributed by atoms with Gasteiger partial charge < -0.3 is 0 Å². The lowest BCUT2D eigenvalue weighted by atomic mass is 9.86. The predicted octanol–water partition coefficient (Wildman–Crippen LogP) is 4.63. The molecule has 0 heterocycles. The summed E-state index contributed by atoms with van der Waals surface area (Å²) in [5.41, 5.74) is 6.06. The first-order valence-electron chi connectivity index (χ1n) is 6.02. The molecule has 0 spiro atoms. The van der Waals surface area contributed by atoms with Crippen LogP contribution in [0.15, 0.2) is 12.1 Å². The largest absolute Gasteiger partial charge is 0.0625 e. The van der Waals surface area contributed by atoms with Gasteiger partial charge in [-0.3, -0.25) is 0 Å². The number of rotatable bonds is 3. The van der Waals surface area contributed by atoms with Crippen molar-refractivity contribution in [1.82, 2.24) is 0 Å².